The number of benzene rings is 2. The molecule has 0 aliphatic carbocycles. The number of amidine groups is 1. The summed E-state index contributed by atoms with van der Waals surface area (Å²) < 4.78 is 11.4. The summed E-state index contributed by atoms with van der Waals surface area (Å²) in [6.45, 7) is 7.74. The van der Waals surface area contributed by atoms with E-state index in [9.17, 15) is 0 Å². The van der Waals surface area contributed by atoms with Crippen molar-refractivity contribution in [3.8, 4) is 22.5 Å². The molecule has 0 spiro atoms. The van der Waals surface area contributed by atoms with Crippen LogP contribution >= 0.6 is 0 Å². The lowest BCUT2D eigenvalue weighted by Crippen LogP contribution is -2.52. The zero-order chi connectivity index (χ0) is 26.6. The van der Waals surface area contributed by atoms with E-state index in [1.807, 2.05) is 18.2 Å². The van der Waals surface area contributed by atoms with E-state index in [1.54, 1.807) is 14.2 Å². The van der Waals surface area contributed by atoms with Crippen molar-refractivity contribution in [3.63, 3.8) is 0 Å². The number of nitrogens with zero attached hydrogens (tertiary/aromatic N) is 7. The average Bonchev–Trinajstić information content (AvgIpc) is 3.61. The molecule has 0 saturated heterocycles. The summed E-state index contributed by atoms with van der Waals surface area (Å²) in [5.41, 5.74) is 5.44. The largest absolute Gasteiger partial charge is 0.362 e. The van der Waals surface area contributed by atoms with Crippen molar-refractivity contribution < 1.29 is 9.47 Å². The Balaban J connectivity index is 1.43. The molecule has 0 bridgehead atoms. The monoisotopic (exact) mass is 516 g/mol. The number of aliphatic imine (C=N–C) groups is 1. The summed E-state index contributed by atoms with van der Waals surface area (Å²) in [4.78, 5) is 12.0. The van der Waals surface area contributed by atoms with Gasteiger partial charge < -0.3 is 24.2 Å². The maximum absolute atomic E-state index is 5.72. The van der Waals surface area contributed by atoms with Gasteiger partial charge in [0.2, 0.25) is 5.82 Å². The highest BCUT2D eigenvalue weighted by Gasteiger charge is 2.39. The number of methoxy groups -OCH3 is 2. The molecule has 0 saturated carbocycles. The molecule has 0 fully saturated rings. The quantitative estimate of drug-likeness (QED) is 0.427. The lowest BCUT2D eigenvalue weighted by Gasteiger charge is -2.42. The topological polar surface area (TPSA) is 95.0 Å². The Bertz CT molecular complexity index is 1270. The Kier molecular flexibility index (Phi) is 7.71. The van der Waals surface area contributed by atoms with E-state index in [4.69, 9.17) is 14.5 Å². The van der Waals surface area contributed by atoms with Gasteiger partial charge in [-0.25, -0.2) is 4.99 Å². The highest BCUT2D eigenvalue weighted by atomic mass is 16.5. The van der Waals surface area contributed by atoms with Crippen molar-refractivity contribution >= 4 is 5.84 Å². The van der Waals surface area contributed by atoms with E-state index in [-0.39, 0.29) is 18.6 Å². The molecule has 0 radical (unpaired) electrons. The molecule has 3 heterocycles. The zero-order valence-corrected chi connectivity index (χ0v) is 22.7. The van der Waals surface area contributed by atoms with Gasteiger partial charge >= 0.3 is 0 Å². The van der Waals surface area contributed by atoms with E-state index < -0.39 is 0 Å². The summed E-state index contributed by atoms with van der Waals surface area (Å²) in [7, 11) is 3.48. The van der Waals surface area contributed by atoms with Gasteiger partial charge in [-0.3, -0.25) is 0 Å². The predicted octanol–water partition coefficient (Wildman–Crippen LogP) is 4.28. The average molecular weight is 517 g/mol. The molecule has 1 N–H and O–H groups in total. The first-order chi connectivity index (χ1) is 18.5. The van der Waals surface area contributed by atoms with Crippen LogP contribution in [0, 0.1) is 0 Å². The number of aromatic nitrogens is 4. The second-order valence-corrected chi connectivity index (χ2v) is 9.64. The number of aromatic amines is 1. The second kappa shape index (κ2) is 11.3. The molecule has 0 amide bonds. The molecule has 1 aromatic heterocycles. The zero-order valence-electron chi connectivity index (χ0n) is 22.7. The third kappa shape index (κ3) is 5.01. The Labute approximate surface area is 223 Å². The molecule has 10 heteroatoms. The van der Waals surface area contributed by atoms with E-state index in [0.29, 0.717) is 12.5 Å². The first-order valence-electron chi connectivity index (χ1n) is 13.1. The number of rotatable bonds is 10. The minimum atomic E-state index is -0.107. The van der Waals surface area contributed by atoms with E-state index in [0.717, 1.165) is 47.6 Å². The van der Waals surface area contributed by atoms with Crippen LogP contribution in [0.25, 0.3) is 22.5 Å². The van der Waals surface area contributed by atoms with Gasteiger partial charge in [0, 0.05) is 32.5 Å². The van der Waals surface area contributed by atoms with Crippen LogP contribution in [0.15, 0.2) is 65.4 Å². The van der Waals surface area contributed by atoms with Crippen molar-refractivity contribution in [1.29, 1.82) is 0 Å². The Morgan fingerprint density at radius 2 is 1.74 bits per heavy atom. The van der Waals surface area contributed by atoms with E-state index in [2.05, 4.69) is 92.6 Å². The molecule has 3 atom stereocenters. The number of hydrogen-bond donors (Lipinski definition) is 1. The first-order valence-corrected chi connectivity index (χ1v) is 13.1. The number of tetrazole rings is 1. The SMILES string of the molecule is CCCC1N=C2C(=CN(C(C)OC)CN2C(C)OC)N1Cc1ccc(-c2ccccc2-c2nn[nH]n2)cc1. The van der Waals surface area contributed by atoms with Crippen LogP contribution in [-0.2, 0) is 16.0 Å². The number of nitrogens with one attached hydrogen (secondary N) is 1. The summed E-state index contributed by atoms with van der Waals surface area (Å²) in [5, 5.41) is 14.6. The Hall–Kier alpha value is -3.76. The summed E-state index contributed by atoms with van der Waals surface area (Å²) >= 11 is 0. The minimum absolute atomic E-state index is 0.0683. The highest BCUT2D eigenvalue weighted by Crippen LogP contribution is 2.34. The Morgan fingerprint density at radius 3 is 2.39 bits per heavy atom. The van der Waals surface area contributed by atoms with Gasteiger partial charge in [-0.2, -0.15) is 5.21 Å². The highest BCUT2D eigenvalue weighted by molar-refractivity contribution is 6.00. The second-order valence-electron chi connectivity index (χ2n) is 9.64. The van der Waals surface area contributed by atoms with Crippen molar-refractivity contribution in [1.82, 2.24) is 35.3 Å². The minimum Gasteiger partial charge on any atom is -0.362 e. The van der Waals surface area contributed by atoms with Crippen LogP contribution < -0.4 is 0 Å². The van der Waals surface area contributed by atoms with Crippen LogP contribution in [0.3, 0.4) is 0 Å². The van der Waals surface area contributed by atoms with Gasteiger partial charge in [0.05, 0.1) is 12.4 Å². The third-order valence-corrected chi connectivity index (χ3v) is 7.31. The van der Waals surface area contributed by atoms with Crippen LogP contribution in [0.4, 0.5) is 0 Å². The summed E-state index contributed by atoms with van der Waals surface area (Å²) in [6, 6.07) is 16.8. The molecule has 2 aliphatic rings. The molecule has 2 aromatic carbocycles. The van der Waals surface area contributed by atoms with Crippen LogP contribution in [0.2, 0.25) is 0 Å². The molecule has 10 nitrogen and oxygen atoms in total. The fourth-order valence-corrected chi connectivity index (χ4v) is 4.99. The van der Waals surface area contributed by atoms with Crippen LogP contribution in [0.5, 0.6) is 0 Å². The summed E-state index contributed by atoms with van der Waals surface area (Å²) in [6.07, 6.45) is 4.12. The maximum Gasteiger partial charge on any atom is 0.205 e. The van der Waals surface area contributed by atoms with Gasteiger partial charge in [-0.15, -0.1) is 10.2 Å². The van der Waals surface area contributed by atoms with Crippen molar-refractivity contribution in [2.75, 3.05) is 20.9 Å². The molecule has 3 unspecified atom stereocenters. The lowest BCUT2D eigenvalue weighted by molar-refractivity contribution is -0.0510. The maximum atomic E-state index is 5.72. The summed E-state index contributed by atoms with van der Waals surface area (Å²) in [5.74, 6) is 1.57. The number of ether oxygens (including phenoxy) is 2. The number of hydrogen-bond acceptors (Lipinski definition) is 9. The standard InChI is InChI=1S/C28H36N8O2/c1-6-9-26-29-28-25(17-34(19(2)37-4)18-36(28)20(3)38-5)35(26)16-21-12-14-22(15-13-21)23-10-7-8-11-24(23)27-30-32-33-31-27/h7-8,10-15,17,19-20,26H,6,9,16,18H2,1-5H3,(H,30,31,32,33). The molecule has 2 aliphatic heterocycles. The number of fused-ring (bicyclic) bond motifs is 1. The molecule has 38 heavy (non-hydrogen) atoms. The number of H-pyrrole nitrogens is 1. The normalized spacial score (nSPS) is 18.8. The molecular formula is C28H36N8O2. The molecule has 5 rings (SSSR count). The van der Waals surface area contributed by atoms with Gasteiger partial charge in [-0.05, 0) is 42.2 Å². The van der Waals surface area contributed by atoms with Gasteiger partial charge in [0.25, 0.3) is 0 Å². The molecule has 3 aromatic rings. The van der Waals surface area contributed by atoms with Gasteiger partial charge in [-0.1, -0.05) is 61.9 Å². The fraction of sp³-hybridized carbons (Fsp3) is 0.429. The van der Waals surface area contributed by atoms with E-state index >= 15 is 0 Å². The van der Waals surface area contributed by atoms with Crippen molar-refractivity contribution in [2.45, 2.75) is 58.8 Å². The van der Waals surface area contributed by atoms with Gasteiger partial charge in [0.15, 0.2) is 5.84 Å². The van der Waals surface area contributed by atoms with Crippen LogP contribution in [-0.4, -0.2) is 80.7 Å². The van der Waals surface area contributed by atoms with E-state index in [1.165, 1.54) is 5.56 Å². The van der Waals surface area contributed by atoms with Crippen molar-refractivity contribution in [2.24, 2.45) is 4.99 Å². The lowest BCUT2D eigenvalue weighted by atomic mass is 9.98. The smallest absolute Gasteiger partial charge is 0.205 e. The first kappa shape index (κ1) is 25.9. The van der Waals surface area contributed by atoms with Gasteiger partial charge in [0.1, 0.15) is 18.6 Å². The molecule has 200 valence electrons. The third-order valence-electron chi connectivity index (χ3n) is 7.31. The van der Waals surface area contributed by atoms with Crippen molar-refractivity contribution in [3.05, 3.63) is 66.0 Å². The van der Waals surface area contributed by atoms with Crippen LogP contribution in [0.1, 0.15) is 39.2 Å². The molecular weight excluding hydrogens is 480 g/mol. The fourth-order valence-electron chi connectivity index (χ4n) is 4.99. The Morgan fingerprint density at radius 1 is 1.00 bits per heavy atom. The predicted molar refractivity (Wildman–Crippen MR) is 146 cm³/mol.